The fourth-order valence-corrected chi connectivity index (χ4v) is 3.12. The second-order valence-electron chi connectivity index (χ2n) is 4.48. The first-order chi connectivity index (χ1) is 10.4. The van der Waals surface area contributed by atoms with E-state index >= 15 is 0 Å². The van der Waals surface area contributed by atoms with Gasteiger partial charge in [-0.1, -0.05) is 29.3 Å². The fraction of sp³-hybridized carbons (Fsp3) is 0.214. The summed E-state index contributed by atoms with van der Waals surface area (Å²) in [5, 5.41) is 3.07. The van der Waals surface area contributed by atoms with E-state index in [-0.39, 0.29) is 29.1 Å². The molecule has 0 unspecified atom stereocenters. The van der Waals surface area contributed by atoms with Gasteiger partial charge in [0.05, 0.1) is 4.91 Å². The van der Waals surface area contributed by atoms with Crippen molar-refractivity contribution in [3.05, 3.63) is 38.7 Å². The minimum Gasteiger partial charge on any atom is -0.355 e. The Morgan fingerprint density at radius 1 is 1.36 bits per heavy atom. The van der Waals surface area contributed by atoms with Crippen LogP contribution in [0.25, 0.3) is 6.08 Å². The van der Waals surface area contributed by atoms with Gasteiger partial charge >= 0.3 is 0 Å². The number of carbonyl (C=O) groups excluding carboxylic acids is 3. The summed E-state index contributed by atoms with van der Waals surface area (Å²) in [5.41, 5.74) is 0.610. The molecule has 0 saturated carbocycles. The maximum Gasteiger partial charge on any atom is 0.293 e. The average molecular weight is 359 g/mol. The highest BCUT2D eigenvalue weighted by atomic mass is 35.5. The highest BCUT2D eigenvalue weighted by Gasteiger charge is 2.34. The Morgan fingerprint density at radius 3 is 2.73 bits per heavy atom. The SMILES string of the molecule is CC(=O)NCCN1C(=O)SC(=Cc2ccc(Cl)cc2Cl)C1=O. The zero-order valence-electron chi connectivity index (χ0n) is 11.6. The van der Waals surface area contributed by atoms with Gasteiger partial charge in [0.25, 0.3) is 11.1 Å². The van der Waals surface area contributed by atoms with Crippen molar-refractivity contribution in [2.75, 3.05) is 13.1 Å². The fourth-order valence-electron chi connectivity index (χ4n) is 1.80. The van der Waals surface area contributed by atoms with Gasteiger partial charge in [0, 0.05) is 30.1 Å². The van der Waals surface area contributed by atoms with Crippen molar-refractivity contribution in [1.29, 1.82) is 0 Å². The number of amides is 3. The first kappa shape index (κ1) is 16.9. The van der Waals surface area contributed by atoms with Crippen LogP contribution in [0.2, 0.25) is 10.0 Å². The number of thioether (sulfide) groups is 1. The normalized spacial score (nSPS) is 16.5. The van der Waals surface area contributed by atoms with Crippen molar-refractivity contribution in [3.8, 4) is 0 Å². The Hall–Kier alpha value is -1.50. The molecule has 1 fully saturated rings. The van der Waals surface area contributed by atoms with Crippen molar-refractivity contribution in [1.82, 2.24) is 10.2 Å². The standard InChI is InChI=1S/C14H12Cl2N2O3S/c1-8(19)17-4-5-18-13(20)12(22-14(18)21)6-9-2-3-10(15)7-11(9)16/h2-3,6-7H,4-5H2,1H3,(H,17,19). The van der Waals surface area contributed by atoms with Crippen molar-refractivity contribution >= 4 is 58.1 Å². The van der Waals surface area contributed by atoms with Gasteiger partial charge in [-0.2, -0.15) is 0 Å². The van der Waals surface area contributed by atoms with Crippen molar-refractivity contribution in [2.24, 2.45) is 0 Å². The molecule has 1 heterocycles. The van der Waals surface area contributed by atoms with Gasteiger partial charge in [0.1, 0.15) is 0 Å². The summed E-state index contributed by atoms with van der Waals surface area (Å²) in [7, 11) is 0. The molecule has 0 aromatic heterocycles. The Labute approximate surface area is 141 Å². The molecule has 0 aliphatic carbocycles. The third-order valence-electron chi connectivity index (χ3n) is 2.83. The molecule has 0 bridgehead atoms. The summed E-state index contributed by atoms with van der Waals surface area (Å²) < 4.78 is 0. The lowest BCUT2D eigenvalue weighted by molar-refractivity contribution is -0.123. The lowest BCUT2D eigenvalue weighted by Crippen LogP contribution is -2.36. The van der Waals surface area contributed by atoms with E-state index in [0.29, 0.717) is 15.6 Å². The van der Waals surface area contributed by atoms with Crippen LogP contribution in [0, 0.1) is 0 Å². The molecule has 0 radical (unpaired) electrons. The van der Waals surface area contributed by atoms with Crippen LogP contribution in [0.3, 0.4) is 0 Å². The molecule has 116 valence electrons. The number of nitrogens with zero attached hydrogens (tertiary/aromatic N) is 1. The van der Waals surface area contributed by atoms with Crippen LogP contribution in [0.5, 0.6) is 0 Å². The molecule has 1 aliphatic heterocycles. The average Bonchev–Trinajstić information content (AvgIpc) is 2.69. The van der Waals surface area contributed by atoms with Gasteiger partial charge in [-0.25, -0.2) is 0 Å². The summed E-state index contributed by atoms with van der Waals surface area (Å²) in [5.74, 6) is -0.609. The van der Waals surface area contributed by atoms with Gasteiger partial charge < -0.3 is 5.32 Å². The number of rotatable bonds is 4. The second-order valence-corrected chi connectivity index (χ2v) is 6.32. The quantitative estimate of drug-likeness (QED) is 0.839. The summed E-state index contributed by atoms with van der Waals surface area (Å²) in [6, 6.07) is 4.90. The van der Waals surface area contributed by atoms with Crippen molar-refractivity contribution < 1.29 is 14.4 Å². The minimum atomic E-state index is -0.397. The van der Waals surface area contributed by atoms with E-state index in [2.05, 4.69) is 5.32 Å². The van der Waals surface area contributed by atoms with Gasteiger partial charge in [-0.3, -0.25) is 19.3 Å². The first-order valence-electron chi connectivity index (χ1n) is 6.33. The minimum absolute atomic E-state index is 0.135. The lowest BCUT2D eigenvalue weighted by Gasteiger charge is -2.12. The van der Waals surface area contributed by atoms with Gasteiger partial charge in [0.15, 0.2) is 0 Å². The zero-order chi connectivity index (χ0) is 16.3. The number of imide groups is 1. The Bertz CT molecular complexity index is 676. The number of nitrogens with one attached hydrogen (secondary N) is 1. The summed E-state index contributed by atoms with van der Waals surface area (Å²) in [4.78, 5) is 36.3. The van der Waals surface area contributed by atoms with Crippen LogP contribution in [-0.4, -0.2) is 35.0 Å². The molecule has 8 heteroatoms. The van der Waals surface area contributed by atoms with E-state index in [1.54, 1.807) is 24.3 Å². The van der Waals surface area contributed by atoms with E-state index in [1.807, 2.05) is 0 Å². The molecule has 1 aromatic carbocycles. The number of hydrogen-bond acceptors (Lipinski definition) is 4. The largest absolute Gasteiger partial charge is 0.355 e. The number of carbonyl (C=O) groups is 3. The van der Waals surface area contributed by atoms with Gasteiger partial charge in [0.2, 0.25) is 5.91 Å². The predicted octanol–water partition coefficient (Wildman–Crippen LogP) is 3.17. The molecule has 1 aromatic rings. The molecular weight excluding hydrogens is 347 g/mol. The Morgan fingerprint density at radius 2 is 2.09 bits per heavy atom. The third kappa shape index (κ3) is 4.03. The maximum absolute atomic E-state index is 12.2. The number of halogens is 2. The molecule has 3 amide bonds. The molecular formula is C14H12Cl2N2O3S. The monoisotopic (exact) mass is 358 g/mol. The first-order valence-corrected chi connectivity index (χ1v) is 7.90. The Balaban J connectivity index is 2.13. The zero-order valence-corrected chi connectivity index (χ0v) is 13.9. The molecule has 0 atom stereocenters. The molecule has 1 saturated heterocycles. The Kier molecular flexibility index (Phi) is 5.50. The topological polar surface area (TPSA) is 66.5 Å². The highest BCUT2D eigenvalue weighted by Crippen LogP contribution is 2.33. The van der Waals surface area contributed by atoms with Crippen LogP contribution in [0.1, 0.15) is 12.5 Å². The third-order valence-corrected chi connectivity index (χ3v) is 4.30. The number of hydrogen-bond donors (Lipinski definition) is 1. The maximum atomic E-state index is 12.2. The predicted molar refractivity (Wildman–Crippen MR) is 87.8 cm³/mol. The molecule has 22 heavy (non-hydrogen) atoms. The summed E-state index contributed by atoms with van der Waals surface area (Å²) in [6.07, 6.45) is 1.56. The van der Waals surface area contributed by atoms with Crippen molar-refractivity contribution in [3.63, 3.8) is 0 Å². The van der Waals surface area contributed by atoms with Crippen LogP contribution < -0.4 is 5.32 Å². The van der Waals surface area contributed by atoms with E-state index in [9.17, 15) is 14.4 Å². The molecule has 1 N–H and O–H groups in total. The van der Waals surface area contributed by atoms with Crippen LogP contribution in [0.4, 0.5) is 4.79 Å². The smallest absolute Gasteiger partial charge is 0.293 e. The van der Waals surface area contributed by atoms with E-state index < -0.39 is 5.91 Å². The summed E-state index contributed by atoms with van der Waals surface area (Å²) >= 11 is 12.7. The van der Waals surface area contributed by atoms with Crippen LogP contribution in [0.15, 0.2) is 23.1 Å². The summed E-state index contributed by atoms with van der Waals surface area (Å²) in [6.45, 7) is 1.73. The molecule has 2 rings (SSSR count). The number of benzene rings is 1. The van der Waals surface area contributed by atoms with E-state index in [0.717, 1.165) is 16.7 Å². The van der Waals surface area contributed by atoms with Crippen LogP contribution >= 0.6 is 35.0 Å². The lowest BCUT2D eigenvalue weighted by atomic mass is 10.2. The second kappa shape index (κ2) is 7.17. The van der Waals surface area contributed by atoms with Gasteiger partial charge in [-0.05, 0) is 35.5 Å². The molecule has 1 aliphatic rings. The van der Waals surface area contributed by atoms with Gasteiger partial charge in [-0.15, -0.1) is 0 Å². The van der Waals surface area contributed by atoms with Crippen molar-refractivity contribution in [2.45, 2.75) is 6.92 Å². The van der Waals surface area contributed by atoms with E-state index in [1.165, 1.54) is 6.92 Å². The highest BCUT2D eigenvalue weighted by molar-refractivity contribution is 8.18. The molecule has 0 spiro atoms. The van der Waals surface area contributed by atoms with Crippen LogP contribution in [-0.2, 0) is 9.59 Å². The van der Waals surface area contributed by atoms with E-state index in [4.69, 9.17) is 23.2 Å². The molecule has 5 nitrogen and oxygen atoms in total.